The summed E-state index contributed by atoms with van der Waals surface area (Å²) in [6.07, 6.45) is 3.75. The molecule has 1 atom stereocenters. The van der Waals surface area contributed by atoms with Crippen molar-refractivity contribution in [2.45, 2.75) is 19.3 Å². The van der Waals surface area contributed by atoms with Crippen LogP contribution >= 0.6 is 11.6 Å². The second-order valence-corrected chi connectivity index (χ2v) is 4.42. The van der Waals surface area contributed by atoms with E-state index in [0.717, 1.165) is 23.9 Å². The Morgan fingerprint density at radius 2 is 2.21 bits per heavy atom. The zero-order chi connectivity index (χ0) is 9.80. The summed E-state index contributed by atoms with van der Waals surface area (Å²) >= 11 is 6.12. The van der Waals surface area contributed by atoms with Crippen molar-refractivity contribution in [2.24, 2.45) is 5.92 Å². The Balaban J connectivity index is 1.99. The smallest absolute Gasteiger partial charge is 0.0438 e. The van der Waals surface area contributed by atoms with E-state index in [2.05, 4.69) is 17.4 Å². The molecule has 0 amide bonds. The predicted molar refractivity (Wildman–Crippen MR) is 60.7 cm³/mol. The molecule has 1 heterocycles. The highest BCUT2D eigenvalue weighted by atomic mass is 35.5. The molecule has 0 unspecified atom stereocenters. The Hall–Kier alpha value is -0.530. The van der Waals surface area contributed by atoms with Crippen molar-refractivity contribution in [1.82, 2.24) is 5.32 Å². The van der Waals surface area contributed by atoms with Crippen molar-refractivity contribution in [1.29, 1.82) is 0 Å². The van der Waals surface area contributed by atoms with Gasteiger partial charge in [0, 0.05) is 5.02 Å². The molecule has 1 aliphatic heterocycles. The van der Waals surface area contributed by atoms with Crippen molar-refractivity contribution >= 4 is 11.6 Å². The molecular weight excluding hydrogens is 194 g/mol. The van der Waals surface area contributed by atoms with Gasteiger partial charge in [-0.25, -0.2) is 0 Å². The first-order valence-electron chi connectivity index (χ1n) is 5.30. The maximum absolute atomic E-state index is 6.12. The van der Waals surface area contributed by atoms with Gasteiger partial charge in [-0.1, -0.05) is 29.8 Å². The summed E-state index contributed by atoms with van der Waals surface area (Å²) in [7, 11) is 0. The Bertz CT molecular complexity index is 292. The van der Waals surface area contributed by atoms with Gasteiger partial charge in [0.25, 0.3) is 0 Å². The van der Waals surface area contributed by atoms with Crippen molar-refractivity contribution in [3.05, 3.63) is 34.9 Å². The molecule has 1 saturated heterocycles. The lowest BCUT2D eigenvalue weighted by atomic mass is 9.92. The molecule has 0 bridgehead atoms. The van der Waals surface area contributed by atoms with Crippen LogP contribution in [-0.2, 0) is 6.42 Å². The molecule has 1 N–H and O–H groups in total. The molecule has 0 aromatic heterocycles. The van der Waals surface area contributed by atoms with Crippen LogP contribution in [0.2, 0.25) is 5.02 Å². The van der Waals surface area contributed by atoms with Gasteiger partial charge in [0.15, 0.2) is 0 Å². The Morgan fingerprint density at radius 1 is 1.36 bits per heavy atom. The standard InChI is InChI=1S/C12H16ClN/c13-12-6-2-1-5-11(12)8-10-4-3-7-14-9-10/h1-2,5-6,10,14H,3-4,7-9H2/t10-/m1/s1. The van der Waals surface area contributed by atoms with Gasteiger partial charge in [-0.05, 0) is 49.9 Å². The van der Waals surface area contributed by atoms with Crippen molar-refractivity contribution in [2.75, 3.05) is 13.1 Å². The minimum Gasteiger partial charge on any atom is -0.316 e. The fraction of sp³-hybridized carbons (Fsp3) is 0.500. The van der Waals surface area contributed by atoms with Gasteiger partial charge in [0.1, 0.15) is 0 Å². The van der Waals surface area contributed by atoms with Crippen LogP contribution in [0.15, 0.2) is 24.3 Å². The average molecular weight is 210 g/mol. The highest BCUT2D eigenvalue weighted by Crippen LogP contribution is 2.21. The summed E-state index contributed by atoms with van der Waals surface area (Å²) in [5, 5.41) is 4.35. The fourth-order valence-electron chi connectivity index (χ4n) is 2.07. The van der Waals surface area contributed by atoms with E-state index in [1.54, 1.807) is 0 Å². The molecule has 0 spiro atoms. The zero-order valence-electron chi connectivity index (χ0n) is 8.30. The molecule has 76 valence electrons. The van der Waals surface area contributed by atoms with Crippen molar-refractivity contribution in [3.63, 3.8) is 0 Å². The zero-order valence-corrected chi connectivity index (χ0v) is 9.06. The van der Waals surface area contributed by atoms with Crippen LogP contribution < -0.4 is 5.32 Å². The molecule has 14 heavy (non-hydrogen) atoms. The summed E-state index contributed by atoms with van der Waals surface area (Å²) < 4.78 is 0. The third-order valence-electron chi connectivity index (χ3n) is 2.87. The largest absolute Gasteiger partial charge is 0.316 e. The van der Waals surface area contributed by atoms with Crippen LogP contribution in [0.3, 0.4) is 0 Å². The summed E-state index contributed by atoms with van der Waals surface area (Å²) in [6.45, 7) is 2.32. The Labute approximate surface area is 90.5 Å². The molecule has 1 aromatic rings. The molecule has 1 aromatic carbocycles. The van der Waals surface area contributed by atoms with E-state index in [-0.39, 0.29) is 0 Å². The number of rotatable bonds is 2. The SMILES string of the molecule is Clc1ccccc1C[C@H]1CCCNC1. The summed E-state index contributed by atoms with van der Waals surface area (Å²) in [5.41, 5.74) is 1.29. The van der Waals surface area contributed by atoms with Crippen LogP contribution in [0.25, 0.3) is 0 Å². The molecule has 2 rings (SSSR count). The third kappa shape index (κ3) is 2.49. The molecule has 0 aliphatic carbocycles. The quantitative estimate of drug-likeness (QED) is 0.790. The van der Waals surface area contributed by atoms with Gasteiger partial charge in [-0.2, -0.15) is 0 Å². The average Bonchev–Trinajstić information content (AvgIpc) is 2.23. The monoisotopic (exact) mass is 209 g/mol. The van der Waals surface area contributed by atoms with E-state index in [1.807, 2.05) is 12.1 Å². The number of hydrogen-bond acceptors (Lipinski definition) is 1. The maximum Gasteiger partial charge on any atom is 0.0438 e. The molecule has 1 fully saturated rings. The van der Waals surface area contributed by atoms with Crippen molar-refractivity contribution < 1.29 is 0 Å². The van der Waals surface area contributed by atoms with Crippen LogP contribution in [0.1, 0.15) is 18.4 Å². The predicted octanol–water partition coefficient (Wildman–Crippen LogP) is 2.88. The highest BCUT2D eigenvalue weighted by Gasteiger charge is 2.14. The first kappa shape index (κ1) is 10.0. The molecule has 2 heteroatoms. The van der Waals surface area contributed by atoms with Gasteiger partial charge in [0.05, 0.1) is 0 Å². The second kappa shape index (κ2) is 4.81. The molecule has 1 nitrogen and oxygen atoms in total. The number of halogens is 1. The van der Waals surface area contributed by atoms with Gasteiger partial charge < -0.3 is 5.32 Å². The fourth-order valence-corrected chi connectivity index (χ4v) is 2.29. The number of hydrogen-bond donors (Lipinski definition) is 1. The van der Waals surface area contributed by atoms with Gasteiger partial charge >= 0.3 is 0 Å². The van der Waals surface area contributed by atoms with Gasteiger partial charge in [-0.3, -0.25) is 0 Å². The maximum atomic E-state index is 6.12. The van der Waals surface area contributed by atoms with Crippen LogP contribution in [0, 0.1) is 5.92 Å². The van der Waals surface area contributed by atoms with E-state index in [1.165, 1.54) is 24.9 Å². The van der Waals surface area contributed by atoms with Crippen molar-refractivity contribution in [3.8, 4) is 0 Å². The lowest BCUT2D eigenvalue weighted by molar-refractivity contribution is 0.376. The molecule has 1 aliphatic rings. The van der Waals surface area contributed by atoms with E-state index in [4.69, 9.17) is 11.6 Å². The van der Waals surface area contributed by atoms with E-state index >= 15 is 0 Å². The van der Waals surface area contributed by atoms with E-state index in [9.17, 15) is 0 Å². The van der Waals surface area contributed by atoms with E-state index < -0.39 is 0 Å². The lowest BCUT2D eigenvalue weighted by Crippen LogP contribution is -2.30. The first-order chi connectivity index (χ1) is 6.86. The minimum atomic E-state index is 0.767. The third-order valence-corrected chi connectivity index (χ3v) is 3.23. The van der Waals surface area contributed by atoms with Crippen LogP contribution in [-0.4, -0.2) is 13.1 Å². The topological polar surface area (TPSA) is 12.0 Å². The number of nitrogens with one attached hydrogen (secondary N) is 1. The number of piperidine rings is 1. The van der Waals surface area contributed by atoms with Crippen LogP contribution in [0.4, 0.5) is 0 Å². The summed E-state index contributed by atoms with van der Waals surface area (Å²) in [4.78, 5) is 0. The molecule has 0 radical (unpaired) electrons. The van der Waals surface area contributed by atoms with E-state index in [0.29, 0.717) is 0 Å². The molecular formula is C12H16ClN. The summed E-state index contributed by atoms with van der Waals surface area (Å²) in [5.74, 6) is 0.767. The Morgan fingerprint density at radius 3 is 2.93 bits per heavy atom. The Kier molecular flexibility index (Phi) is 3.44. The first-order valence-corrected chi connectivity index (χ1v) is 5.68. The highest BCUT2D eigenvalue weighted by molar-refractivity contribution is 6.31. The molecule has 0 saturated carbocycles. The minimum absolute atomic E-state index is 0.767. The van der Waals surface area contributed by atoms with Gasteiger partial charge in [-0.15, -0.1) is 0 Å². The lowest BCUT2D eigenvalue weighted by Gasteiger charge is -2.22. The normalized spacial score (nSPS) is 22.2. The van der Waals surface area contributed by atoms with Gasteiger partial charge in [0.2, 0.25) is 0 Å². The van der Waals surface area contributed by atoms with Crippen LogP contribution in [0.5, 0.6) is 0 Å². The summed E-state index contributed by atoms with van der Waals surface area (Å²) in [6, 6.07) is 8.17. The number of benzene rings is 1. The second-order valence-electron chi connectivity index (χ2n) is 4.01.